The van der Waals surface area contributed by atoms with Crippen LogP contribution in [0.5, 0.6) is 0 Å². The maximum atomic E-state index is 9.55. The second kappa shape index (κ2) is 6.76. The number of benzene rings is 3. The van der Waals surface area contributed by atoms with Gasteiger partial charge >= 0.3 is 0 Å². The van der Waals surface area contributed by atoms with Crippen LogP contribution in [0, 0.1) is 11.3 Å². The average molecular weight is 341 g/mol. The molecule has 3 nitrogen and oxygen atoms in total. The lowest BCUT2D eigenvalue weighted by Crippen LogP contribution is -1.98. The largest absolute Gasteiger partial charge is 0.380 e. The topological polar surface area (TPSA) is 48.7 Å². The van der Waals surface area contributed by atoms with Gasteiger partial charge in [-0.2, -0.15) is 5.26 Å². The molecule has 3 aromatic carbocycles. The Kier molecular flexibility index (Phi) is 4.16. The summed E-state index contributed by atoms with van der Waals surface area (Å²) in [4.78, 5) is 5.27. The predicted octanol–water partition coefficient (Wildman–Crippen LogP) is 5.45. The minimum atomic E-state index is 0.680. The van der Waals surface area contributed by atoms with E-state index in [9.17, 15) is 5.26 Å². The lowest BCUT2D eigenvalue weighted by atomic mass is 9.94. The van der Waals surface area contributed by atoms with E-state index in [0.29, 0.717) is 5.56 Å². The first-order valence-corrected chi connectivity index (χ1v) is 8.86. The molecule has 0 aliphatic carbocycles. The first-order chi connectivity index (χ1) is 12.3. The van der Waals surface area contributed by atoms with Gasteiger partial charge in [-0.15, -0.1) is 11.3 Å². The van der Waals surface area contributed by atoms with Crippen molar-refractivity contribution < 1.29 is 0 Å². The Bertz CT molecular complexity index is 1060. The van der Waals surface area contributed by atoms with Crippen molar-refractivity contribution in [2.75, 3.05) is 5.32 Å². The molecule has 0 radical (unpaired) electrons. The highest BCUT2D eigenvalue weighted by molar-refractivity contribution is 7.09. The Morgan fingerprint density at radius 3 is 2.72 bits per heavy atom. The first kappa shape index (κ1) is 15.4. The number of rotatable bonds is 4. The third kappa shape index (κ3) is 3.10. The molecule has 0 unspecified atom stereocenters. The van der Waals surface area contributed by atoms with E-state index in [0.717, 1.165) is 28.7 Å². The summed E-state index contributed by atoms with van der Waals surface area (Å²) in [5.74, 6) is 0. The molecule has 0 saturated carbocycles. The molecule has 0 saturated heterocycles. The maximum absolute atomic E-state index is 9.55. The van der Waals surface area contributed by atoms with Crippen molar-refractivity contribution in [3.63, 3.8) is 0 Å². The number of hydrogen-bond donors (Lipinski definition) is 1. The maximum Gasteiger partial charge on any atom is 0.0998 e. The number of aromatic nitrogens is 1. The quantitative estimate of drug-likeness (QED) is 0.537. The van der Waals surface area contributed by atoms with Crippen molar-refractivity contribution in [2.45, 2.75) is 6.54 Å². The zero-order valence-corrected chi connectivity index (χ0v) is 14.3. The van der Waals surface area contributed by atoms with Crippen LogP contribution in [0.2, 0.25) is 0 Å². The molecule has 4 rings (SSSR count). The third-order valence-electron chi connectivity index (χ3n) is 4.17. The van der Waals surface area contributed by atoms with Gasteiger partial charge in [0.25, 0.3) is 0 Å². The Morgan fingerprint density at radius 1 is 1.00 bits per heavy atom. The van der Waals surface area contributed by atoms with Crippen LogP contribution in [0.3, 0.4) is 0 Å². The number of nitrogens with zero attached hydrogens (tertiary/aromatic N) is 2. The van der Waals surface area contributed by atoms with Crippen molar-refractivity contribution in [2.24, 2.45) is 0 Å². The summed E-state index contributed by atoms with van der Waals surface area (Å²) >= 11 is 1.63. The summed E-state index contributed by atoms with van der Waals surface area (Å²) in [7, 11) is 0. The molecule has 0 spiro atoms. The first-order valence-electron chi connectivity index (χ1n) is 7.99. The Balaban J connectivity index is 1.77. The summed E-state index contributed by atoms with van der Waals surface area (Å²) in [6.45, 7) is 0.728. The highest BCUT2D eigenvalue weighted by Crippen LogP contribution is 2.32. The molecule has 1 N–H and O–H groups in total. The lowest BCUT2D eigenvalue weighted by Gasteiger charge is -2.12. The SMILES string of the molecule is N#Cc1ccc(NCc2cncs2)cc1-c1cccc2ccccc12. The minimum Gasteiger partial charge on any atom is -0.380 e. The summed E-state index contributed by atoms with van der Waals surface area (Å²) < 4.78 is 0. The molecule has 0 bridgehead atoms. The number of anilines is 1. The van der Waals surface area contributed by atoms with E-state index in [1.54, 1.807) is 11.3 Å². The van der Waals surface area contributed by atoms with Crippen molar-refractivity contribution in [1.29, 1.82) is 5.26 Å². The van der Waals surface area contributed by atoms with Crippen LogP contribution in [-0.4, -0.2) is 4.98 Å². The van der Waals surface area contributed by atoms with Gasteiger partial charge in [-0.05, 0) is 34.5 Å². The molecular weight excluding hydrogens is 326 g/mol. The van der Waals surface area contributed by atoms with Crippen molar-refractivity contribution in [3.8, 4) is 17.2 Å². The van der Waals surface area contributed by atoms with Gasteiger partial charge in [0.1, 0.15) is 0 Å². The molecular formula is C21H15N3S. The van der Waals surface area contributed by atoms with Crippen LogP contribution in [0.1, 0.15) is 10.4 Å². The van der Waals surface area contributed by atoms with Crippen LogP contribution in [0.4, 0.5) is 5.69 Å². The monoisotopic (exact) mass is 341 g/mol. The van der Waals surface area contributed by atoms with E-state index >= 15 is 0 Å². The second-order valence-electron chi connectivity index (χ2n) is 5.72. The normalized spacial score (nSPS) is 10.5. The number of hydrogen-bond acceptors (Lipinski definition) is 4. The van der Waals surface area contributed by atoms with Crippen LogP contribution in [0.25, 0.3) is 21.9 Å². The van der Waals surface area contributed by atoms with Gasteiger partial charge in [0, 0.05) is 22.3 Å². The van der Waals surface area contributed by atoms with Crippen LogP contribution in [0.15, 0.2) is 72.4 Å². The van der Waals surface area contributed by atoms with Crippen molar-refractivity contribution >= 4 is 27.8 Å². The van der Waals surface area contributed by atoms with Gasteiger partial charge < -0.3 is 5.32 Å². The van der Waals surface area contributed by atoms with Crippen LogP contribution in [-0.2, 0) is 6.54 Å². The average Bonchev–Trinajstić information content (AvgIpc) is 3.19. The lowest BCUT2D eigenvalue weighted by molar-refractivity contribution is 1.17. The molecule has 120 valence electrons. The molecule has 0 aliphatic rings. The molecule has 4 aromatic rings. The third-order valence-corrected chi connectivity index (χ3v) is 4.95. The van der Waals surface area contributed by atoms with E-state index in [-0.39, 0.29) is 0 Å². The van der Waals surface area contributed by atoms with E-state index in [2.05, 4.69) is 46.7 Å². The number of thiazole rings is 1. The van der Waals surface area contributed by atoms with Crippen LogP contribution >= 0.6 is 11.3 Å². The Labute approximate surface area is 150 Å². The number of nitriles is 1. The summed E-state index contributed by atoms with van der Waals surface area (Å²) in [6, 6.07) is 22.7. The molecule has 25 heavy (non-hydrogen) atoms. The van der Waals surface area contributed by atoms with Gasteiger partial charge in [-0.1, -0.05) is 42.5 Å². The zero-order chi connectivity index (χ0) is 17.1. The molecule has 0 fully saturated rings. The van der Waals surface area contributed by atoms with E-state index < -0.39 is 0 Å². The highest BCUT2D eigenvalue weighted by atomic mass is 32.1. The molecule has 4 heteroatoms. The number of fused-ring (bicyclic) bond motifs is 1. The summed E-state index contributed by atoms with van der Waals surface area (Å²) in [6.07, 6.45) is 1.87. The minimum absolute atomic E-state index is 0.680. The summed E-state index contributed by atoms with van der Waals surface area (Å²) in [5, 5.41) is 15.3. The van der Waals surface area contributed by atoms with Gasteiger partial charge in [-0.3, -0.25) is 4.98 Å². The predicted molar refractivity (Wildman–Crippen MR) is 104 cm³/mol. The molecule has 0 amide bonds. The molecule has 0 aliphatic heterocycles. The standard InChI is InChI=1S/C21H15N3S/c22-11-16-8-9-17(24-13-18-12-23-14-25-18)10-21(16)20-7-3-5-15-4-1-2-6-19(15)20/h1-10,12,14,24H,13H2. The molecule has 1 aromatic heterocycles. The Morgan fingerprint density at radius 2 is 1.88 bits per heavy atom. The number of nitrogens with one attached hydrogen (secondary N) is 1. The van der Waals surface area contributed by atoms with Gasteiger partial charge in [-0.25, -0.2) is 0 Å². The van der Waals surface area contributed by atoms with Crippen molar-refractivity contribution in [1.82, 2.24) is 4.98 Å². The smallest absolute Gasteiger partial charge is 0.0998 e. The summed E-state index contributed by atoms with van der Waals surface area (Å²) in [5.41, 5.74) is 5.54. The second-order valence-corrected chi connectivity index (χ2v) is 6.69. The van der Waals surface area contributed by atoms with E-state index in [4.69, 9.17) is 0 Å². The van der Waals surface area contributed by atoms with E-state index in [1.165, 1.54) is 10.3 Å². The molecule has 1 heterocycles. The fraction of sp³-hybridized carbons (Fsp3) is 0.0476. The zero-order valence-electron chi connectivity index (χ0n) is 13.4. The van der Waals surface area contributed by atoms with Crippen LogP contribution < -0.4 is 5.32 Å². The Hall–Kier alpha value is -3.16. The van der Waals surface area contributed by atoms with E-state index in [1.807, 2.05) is 42.0 Å². The fourth-order valence-corrected chi connectivity index (χ4v) is 3.49. The van der Waals surface area contributed by atoms with Gasteiger partial charge in [0.15, 0.2) is 0 Å². The van der Waals surface area contributed by atoms with Gasteiger partial charge in [0.2, 0.25) is 0 Å². The fourth-order valence-electron chi connectivity index (χ4n) is 2.95. The highest BCUT2D eigenvalue weighted by Gasteiger charge is 2.10. The van der Waals surface area contributed by atoms with Gasteiger partial charge in [0.05, 0.1) is 23.7 Å². The molecule has 0 atom stereocenters. The van der Waals surface area contributed by atoms with Crippen molar-refractivity contribution in [3.05, 3.63) is 82.8 Å².